The smallest absolute Gasteiger partial charge is 0.303 e. The molecule has 6 atom stereocenters. The highest BCUT2D eigenvalue weighted by molar-refractivity contribution is 5.66. The minimum atomic E-state index is -0.793. The van der Waals surface area contributed by atoms with Gasteiger partial charge in [-0.1, -0.05) is 36.8 Å². The summed E-state index contributed by atoms with van der Waals surface area (Å²) >= 11 is 0. The molecule has 170 valence electrons. The van der Waals surface area contributed by atoms with Crippen LogP contribution in [0.15, 0.2) is 35.5 Å². The van der Waals surface area contributed by atoms with Gasteiger partial charge in [0.25, 0.3) is 0 Å². The van der Waals surface area contributed by atoms with E-state index >= 15 is 0 Å². The number of carbonyl (C=O) groups is 1. The van der Waals surface area contributed by atoms with E-state index in [0.717, 1.165) is 37.7 Å². The minimum Gasteiger partial charge on any atom is -0.481 e. The van der Waals surface area contributed by atoms with Gasteiger partial charge in [0.1, 0.15) is 0 Å². The van der Waals surface area contributed by atoms with Crippen molar-refractivity contribution in [1.29, 1.82) is 0 Å². The van der Waals surface area contributed by atoms with Crippen LogP contribution >= 0.6 is 0 Å². The van der Waals surface area contributed by atoms with E-state index in [1.54, 1.807) is 7.11 Å². The molecule has 0 aliphatic heterocycles. The number of carboxylic acid groups (broad SMARTS) is 1. The maximum Gasteiger partial charge on any atom is 0.303 e. The van der Waals surface area contributed by atoms with E-state index in [-0.39, 0.29) is 18.3 Å². The highest BCUT2D eigenvalue weighted by atomic mass is 16.5. The second kappa shape index (κ2) is 11.3. The average molecular weight is 421 g/mol. The molecule has 3 N–H and O–H groups in total. The van der Waals surface area contributed by atoms with Crippen LogP contribution in [0.3, 0.4) is 0 Å². The van der Waals surface area contributed by atoms with Crippen LogP contribution in [0.1, 0.15) is 72.1 Å². The molecular formula is C25H40O5. The molecular weight excluding hydrogens is 380 g/mol. The van der Waals surface area contributed by atoms with Gasteiger partial charge in [0.2, 0.25) is 0 Å². The number of hydrogen-bond acceptors (Lipinski definition) is 4. The SMILES string of the molecule is CO[C@@]12CC[C@H](O)[C@H](/C=C/C(O)CC(C)CCC=C(C)C)[C@@H]1CC2=CCCC(=O)O. The summed E-state index contributed by atoms with van der Waals surface area (Å²) in [6, 6.07) is 0. The van der Waals surface area contributed by atoms with Crippen LogP contribution in [0.5, 0.6) is 0 Å². The first-order valence-corrected chi connectivity index (χ1v) is 11.3. The fourth-order valence-electron chi connectivity index (χ4n) is 5.09. The third-order valence-electron chi connectivity index (χ3n) is 6.83. The molecule has 0 spiro atoms. The Bertz CT molecular complexity index is 660. The lowest BCUT2D eigenvalue weighted by Gasteiger charge is -2.58. The van der Waals surface area contributed by atoms with Gasteiger partial charge in [0, 0.05) is 25.4 Å². The number of aliphatic hydroxyl groups excluding tert-OH is 2. The van der Waals surface area contributed by atoms with Gasteiger partial charge in [-0.25, -0.2) is 0 Å². The molecule has 0 amide bonds. The maximum absolute atomic E-state index is 10.8. The van der Waals surface area contributed by atoms with Crippen molar-refractivity contribution in [3.05, 3.63) is 35.5 Å². The van der Waals surface area contributed by atoms with Gasteiger partial charge in [-0.15, -0.1) is 0 Å². The Kier molecular flexibility index (Phi) is 9.32. The Balaban J connectivity index is 1.96. The lowest BCUT2D eigenvalue weighted by atomic mass is 9.53. The summed E-state index contributed by atoms with van der Waals surface area (Å²) in [6.07, 6.45) is 12.8. The van der Waals surface area contributed by atoms with Crippen LogP contribution in [0.2, 0.25) is 0 Å². The average Bonchev–Trinajstić information content (AvgIpc) is 2.65. The molecule has 2 aliphatic carbocycles. The predicted octanol–water partition coefficient (Wildman–Crippen LogP) is 4.64. The van der Waals surface area contributed by atoms with E-state index in [1.165, 1.54) is 5.57 Å². The van der Waals surface area contributed by atoms with Crippen molar-refractivity contribution in [3.63, 3.8) is 0 Å². The van der Waals surface area contributed by atoms with Crippen molar-refractivity contribution in [3.8, 4) is 0 Å². The third kappa shape index (κ3) is 6.29. The summed E-state index contributed by atoms with van der Waals surface area (Å²) in [5.74, 6) is -0.243. The number of allylic oxidation sites excluding steroid dienone is 3. The zero-order valence-corrected chi connectivity index (χ0v) is 19.0. The quantitative estimate of drug-likeness (QED) is 0.424. The number of fused-ring (bicyclic) bond motifs is 1. The largest absolute Gasteiger partial charge is 0.481 e. The molecule has 0 aromatic rings. The van der Waals surface area contributed by atoms with Crippen LogP contribution in [0.4, 0.5) is 0 Å². The zero-order valence-electron chi connectivity index (χ0n) is 19.0. The molecule has 0 aromatic carbocycles. The number of hydrogen-bond donors (Lipinski definition) is 3. The number of ether oxygens (including phenoxy) is 1. The molecule has 2 rings (SSSR count). The first-order valence-electron chi connectivity index (χ1n) is 11.3. The number of rotatable bonds is 11. The summed E-state index contributed by atoms with van der Waals surface area (Å²) in [6.45, 7) is 6.37. The van der Waals surface area contributed by atoms with Gasteiger partial charge in [-0.05, 0) is 70.3 Å². The van der Waals surface area contributed by atoms with Crippen LogP contribution < -0.4 is 0 Å². The van der Waals surface area contributed by atoms with E-state index in [1.807, 2.05) is 18.2 Å². The van der Waals surface area contributed by atoms with E-state index in [9.17, 15) is 15.0 Å². The monoisotopic (exact) mass is 420 g/mol. The fourth-order valence-corrected chi connectivity index (χ4v) is 5.09. The number of aliphatic hydroxyl groups is 2. The topological polar surface area (TPSA) is 87.0 Å². The van der Waals surface area contributed by atoms with E-state index in [2.05, 4.69) is 26.8 Å². The van der Waals surface area contributed by atoms with Gasteiger partial charge in [-0.3, -0.25) is 4.79 Å². The van der Waals surface area contributed by atoms with Crippen LogP contribution in [-0.4, -0.2) is 46.2 Å². The lowest BCUT2D eigenvalue weighted by molar-refractivity contribution is -0.141. The van der Waals surface area contributed by atoms with E-state index in [4.69, 9.17) is 9.84 Å². The molecule has 0 bridgehead atoms. The zero-order chi connectivity index (χ0) is 22.3. The van der Waals surface area contributed by atoms with Gasteiger partial charge in [0.05, 0.1) is 17.8 Å². The van der Waals surface area contributed by atoms with E-state index in [0.29, 0.717) is 18.8 Å². The summed E-state index contributed by atoms with van der Waals surface area (Å²) in [5, 5.41) is 30.0. The summed E-state index contributed by atoms with van der Waals surface area (Å²) in [7, 11) is 1.71. The summed E-state index contributed by atoms with van der Waals surface area (Å²) in [5.41, 5.74) is 2.09. The fraction of sp³-hybridized carbons (Fsp3) is 0.720. The van der Waals surface area contributed by atoms with Crippen molar-refractivity contribution >= 4 is 5.97 Å². The molecule has 30 heavy (non-hydrogen) atoms. The van der Waals surface area contributed by atoms with Crippen molar-refractivity contribution in [2.45, 2.75) is 89.9 Å². The number of methoxy groups -OCH3 is 1. The molecule has 2 fully saturated rings. The van der Waals surface area contributed by atoms with Gasteiger partial charge in [0.15, 0.2) is 0 Å². The van der Waals surface area contributed by atoms with Crippen molar-refractivity contribution in [2.75, 3.05) is 7.11 Å². The third-order valence-corrected chi connectivity index (χ3v) is 6.83. The van der Waals surface area contributed by atoms with Crippen LogP contribution in [0.25, 0.3) is 0 Å². The molecule has 2 aliphatic rings. The molecule has 2 saturated carbocycles. The normalized spacial score (nSPS) is 31.8. The number of carboxylic acids is 1. The Labute approximate surface area is 181 Å². The predicted molar refractivity (Wildman–Crippen MR) is 119 cm³/mol. The molecule has 5 heteroatoms. The highest BCUT2D eigenvalue weighted by Gasteiger charge is 2.57. The van der Waals surface area contributed by atoms with Gasteiger partial charge >= 0.3 is 5.97 Å². The summed E-state index contributed by atoms with van der Waals surface area (Å²) in [4.78, 5) is 10.8. The summed E-state index contributed by atoms with van der Waals surface area (Å²) < 4.78 is 5.93. The Hall–Kier alpha value is -1.43. The van der Waals surface area contributed by atoms with Crippen LogP contribution in [-0.2, 0) is 9.53 Å². The van der Waals surface area contributed by atoms with Crippen molar-refractivity contribution in [2.24, 2.45) is 17.8 Å². The van der Waals surface area contributed by atoms with Crippen molar-refractivity contribution in [1.82, 2.24) is 0 Å². The number of aliphatic carboxylic acids is 1. The molecule has 0 radical (unpaired) electrons. The Morgan fingerprint density at radius 1 is 1.33 bits per heavy atom. The van der Waals surface area contributed by atoms with Gasteiger partial charge in [-0.2, -0.15) is 0 Å². The Morgan fingerprint density at radius 3 is 2.70 bits per heavy atom. The van der Waals surface area contributed by atoms with Gasteiger partial charge < -0.3 is 20.1 Å². The second-order valence-electron chi connectivity index (χ2n) is 9.40. The molecule has 0 aromatic heterocycles. The Morgan fingerprint density at radius 2 is 2.07 bits per heavy atom. The lowest BCUT2D eigenvalue weighted by Crippen LogP contribution is -2.59. The second-order valence-corrected chi connectivity index (χ2v) is 9.40. The standard InChI is InChI=1S/C25H40O5/c1-17(2)7-5-8-18(3)15-20(26)11-12-21-22-16-19(9-6-10-24(28)29)25(22,30-4)14-13-23(21)27/h7,9,11-12,18,20-23,26-27H,5-6,8,10,13-16H2,1-4H3,(H,28,29)/b12-11+,19-9?/t18?,20?,21-,22+,23+,25-/m1/s1. The molecule has 5 nitrogen and oxygen atoms in total. The van der Waals surface area contributed by atoms with E-state index < -0.39 is 23.8 Å². The minimum absolute atomic E-state index is 0.0500. The van der Waals surface area contributed by atoms with Crippen molar-refractivity contribution < 1.29 is 24.9 Å². The molecule has 2 unspecified atom stereocenters. The highest BCUT2D eigenvalue weighted by Crippen LogP contribution is 2.57. The molecule has 0 heterocycles. The maximum atomic E-state index is 10.8. The molecule has 0 saturated heterocycles. The first-order chi connectivity index (χ1) is 14.2. The first kappa shape index (κ1) is 24.8. The van der Waals surface area contributed by atoms with Crippen LogP contribution in [0, 0.1) is 17.8 Å².